The van der Waals surface area contributed by atoms with Gasteiger partial charge in [0.25, 0.3) is 0 Å². The van der Waals surface area contributed by atoms with Crippen LogP contribution in [0.2, 0.25) is 0 Å². The second-order valence-corrected chi connectivity index (χ2v) is 7.15. The van der Waals surface area contributed by atoms with Gasteiger partial charge in [0.05, 0.1) is 19.6 Å². The lowest BCUT2D eigenvalue weighted by Gasteiger charge is -2.26. The van der Waals surface area contributed by atoms with Gasteiger partial charge < -0.3 is 18.9 Å². The zero-order chi connectivity index (χ0) is 19.7. The Hall–Kier alpha value is -2.73. The molecule has 0 saturated carbocycles. The quantitative estimate of drug-likeness (QED) is 0.738. The molecule has 0 amide bonds. The first-order valence-electron chi connectivity index (χ1n) is 9.52. The van der Waals surface area contributed by atoms with Crippen molar-refractivity contribution < 1.29 is 23.7 Å². The van der Waals surface area contributed by atoms with E-state index in [0.717, 1.165) is 34.9 Å². The maximum absolute atomic E-state index is 13.0. The number of likely N-dealkylation sites (tertiary alicyclic amines) is 1. The van der Waals surface area contributed by atoms with Crippen LogP contribution < -0.4 is 14.2 Å². The maximum atomic E-state index is 13.0. The fraction of sp³-hybridized carbons (Fsp3) is 0.409. The Balaban J connectivity index is 1.70. The first-order chi connectivity index (χ1) is 13.6. The smallest absolute Gasteiger partial charge is 0.311 e. The molecule has 0 radical (unpaired) electrons. The molecule has 0 aromatic heterocycles. The van der Waals surface area contributed by atoms with E-state index < -0.39 is 0 Å². The monoisotopic (exact) mass is 383 g/mol. The number of carbonyl (C=O) groups excluding carboxylic acids is 1. The van der Waals surface area contributed by atoms with E-state index >= 15 is 0 Å². The van der Waals surface area contributed by atoms with Gasteiger partial charge in [-0.3, -0.25) is 9.69 Å². The summed E-state index contributed by atoms with van der Waals surface area (Å²) >= 11 is 0. The number of esters is 1. The summed E-state index contributed by atoms with van der Waals surface area (Å²) in [7, 11) is 3.70. The van der Waals surface area contributed by atoms with Crippen molar-refractivity contribution in [3.05, 3.63) is 53.6 Å². The predicted molar refractivity (Wildman–Crippen MR) is 104 cm³/mol. The SMILES string of the molecule is CCOC(=O)C1C(c2ccc3c(c2)OCO3)CN(C)C1c1ccc(OC)cc1. The minimum atomic E-state index is -0.307. The van der Waals surface area contributed by atoms with Crippen LogP contribution in [0, 0.1) is 5.92 Å². The van der Waals surface area contributed by atoms with E-state index in [4.69, 9.17) is 18.9 Å². The van der Waals surface area contributed by atoms with Gasteiger partial charge in [0.2, 0.25) is 6.79 Å². The summed E-state index contributed by atoms with van der Waals surface area (Å²) < 4.78 is 21.7. The topological polar surface area (TPSA) is 57.2 Å². The number of rotatable bonds is 5. The minimum absolute atomic E-state index is 0.00523. The Morgan fingerprint density at radius 3 is 2.54 bits per heavy atom. The molecule has 148 valence electrons. The number of hydrogen-bond donors (Lipinski definition) is 0. The third-order valence-corrected chi connectivity index (χ3v) is 5.57. The van der Waals surface area contributed by atoms with E-state index in [0.29, 0.717) is 6.61 Å². The van der Waals surface area contributed by atoms with Gasteiger partial charge in [0, 0.05) is 18.5 Å². The minimum Gasteiger partial charge on any atom is -0.497 e. The van der Waals surface area contributed by atoms with Crippen molar-refractivity contribution in [2.75, 3.05) is 34.1 Å². The average molecular weight is 383 g/mol. The van der Waals surface area contributed by atoms with Crippen LogP contribution in [-0.4, -0.2) is 45.0 Å². The summed E-state index contributed by atoms with van der Waals surface area (Å²) in [5.74, 6) is 1.80. The highest BCUT2D eigenvalue weighted by Gasteiger charge is 2.46. The Kier molecular flexibility index (Phi) is 5.13. The molecule has 6 nitrogen and oxygen atoms in total. The number of fused-ring (bicyclic) bond motifs is 1. The van der Waals surface area contributed by atoms with Crippen LogP contribution in [0.4, 0.5) is 0 Å². The average Bonchev–Trinajstić information content (AvgIpc) is 3.31. The van der Waals surface area contributed by atoms with Gasteiger partial charge in [0.15, 0.2) is 11.5 Å². The fourth-order valence-electron chi connectivity index (χ4n) is 4.28. The third-order valence-electron chi connectivity index (χ3n) is 5.57. The molecule has 6 heteroatoms. The molecule has 28 heavy (non-hydrogen) atoms. The van der Waals surface area contributed by atoms with Gasteiger partial charge in [-0.25, -0.2) is 0 Å². The number of benzene rings is 2. The maximum Gasteiger partial charge on any atom is 0.311 e. The van der Waals surface area contributed by atoms with Crippen molar-refractivity contribution in [3.63, 3.8) is 0 Å². The van der Waals surface area contributed by atoms with Gasteiger partial charge in [-0.2, -0.15) is 0 Å². The van der Waals surface area contributed by atoms with Gasteiger partial charge in [-0.05, 0) is 49.4 Å². The first kappa shape index (κ1) is 18.6. The number of carbonyl (C=O) groups is 1. The molecule has 0 spiro atoms. The van der Waals surface area contributed by atoms with E-state index in [-0.39, 0.29) is 30.6 Å². The molecule has 0 N–H and O–H groups in total. The second-order valence-electron chi connectivity index (χ2n) is 7.15. The van der Waals surface area contributed by atoms with Crippen LogP contribution in [0.15, 0.2) is 42.5 Å². The lowest BCUT2D eigenvalue weighted by atomic mass is 9.82. The molecule has 2 aromatic carbocycles. The normalized spacial score (nSPS) is 23.6. The van der Waals surface area contributed by atoms with Crippen molar-refractivity contribution in [1.82, 2.24) is 4.90 Å². The summed E-state index contributed by atoms with van der Waals surface area (Å²) in [5.41, 5.74) is 2.13. The molecule has 1 fully saturated rings. The molecule has 3 atom stereocenters. The van der Waals surface area contributed by atoms with E-state index in [9.17, 15) is 4.79 Å². The van der Waals surface area contributed by atoms with E-state index in [2.05, 4.69) is 4.90 Å². The summed E-state index contributed by atoms with van der Waals surface area (Å²) in [5, 5.41) is 0. The Bertz CT molecular complexity index is 851. The zero-order valence-corrected chi connectivity index (χ0v) is 16.4. The second kappa shape index (κ2) is 7.72. The first-order valence-corrected chi connectivity index (χ1v) is 9.52. The van der Waals surface area contributed by atoms with E-state index in [1.807, 2.05) is 56.4 Å². The van der Waals surface area contributed by atoms with Crippen LogP contribution in [-0.2, 0) is 9.53 Å². The Morgan fingerprint density at radius 1 is 1.11 bits per heavy atom. The zero-order valence-electron chi connectivity index (χ0n) is 16.4. The largest absolute Gasteiger partial charge is 0.497 e. The molecule has 2 aromatic rings. The van der Waals surface area contributed by atoms with Gasteiger partial charge in [-0.1, -0.05) is 18.2 Å². The van der Waals surface area contributed by atoms with Crippen molar-refractivity contribution >= 4 is 5.97 Å². The number of nitrogens with zero attached hydrogens (tertiary/aromatic N) is 1. The molecular formula is C22H25NO5. The van der Waals surface area contributed by atoms with Crippen molar-refractivity contribution in [2.24, 2.45) is 5.92 Å². The van der Waals surface area contributed by atoms with Crippen LogP contribution in [0.5, 0.6) is 17.2 Å². The number of ether oxygens (including phenoxy) is 4. The molecular weight excluding hydrogens is 358 g/mol. The van der Waals surface area contributed by atoms with Gasteiger partial charge in [0.1, 0.15) is 5.75 Å². The highest BCUT2D eigenvalue weighted by molar-refractivity contribution is 5.76. The van der Waals surface area contributed by atoms with E-state index in [1.54, 1.807) is 7.11 Å². The van der Waals surface area contributed by atoms with Gasteiger partial charge >= 0.3 is 5.97 Å². The highest BCUT2D eigenvalue weighted by atomic mass is 16.7. The summed E-state index contributed by atoms with van der Waals surface area (Å²) in [4.78, 5) is 15.2. The standard InChI is InChI=1S/C22H25NO5/c1-4-26-22(24)20-17(15-7-10-18-19(11-15)28-13-27-18)12-23(2)21(20)14-5-8-16(25-3)9-6-14/h5-11,17,20-21H,4,12-13H2,1-3H3. The molecule has 2 aliphatic heterocycles. The van der Waals surface area contributed by atoms with Gasteiger partial charge in [-0.15, -0.1) is 0 Å². The van der Waals surface area contributed by atoms with Crippen LogP contribution in [0.1, 0.15) is 30.0 Å². The van der Waals surface area contributed by atoms with Crippen LogP contribution in [0.3, 0.4) is 0 Å². The van der Waals surface area contributed by atoms with Crippen molar-refractivity contribution in [2.45, 2.75) is 18.9 Å². The summed E-state index contributed by atoms with van der Waals surface area (Å²) in [6.45, 7) is 3.19. The lowest BCUT2D eigenvalue weighted by Crippen LogP contribution is -2.28. The number of likely N-dealkylation sites (N-methyl/N-ethyl adjacent to an activating group) is 1. The third kappa shape index (κ3) is 3.29. The van der Waals surface area contributed by atoms with Crippen LogP contribution in [0.25, 0.3) is 0 Å². The number of methoxy groups -OCH3 is 1. The highest BCUT2D eigenvalue weighted by Crippen LogP contribution is 2.47. The molecule has 3 unspecified atom stereocenters. The Morgan fingerprint density at radius 2 is 1.82 bits per heavy atom. The van der Waals surface area contributed by atoms with Crippen LogP contribution >= 0.6 is 0 Å². The molecule has 2 aliphatic rings. The van der Waals surface area contributed by atoms with E-state index in [1.165, 1.54) is 0 Å². The lowest BCUT2D eigenvalue weighted by molar-refractivity contribution is -0.149. The fourth-order valence-corrected chi connectivity index (χ4v) is 4.28. The van der Waals surface area contributed by atoms with Crippen molar-refractivity contribution in [3.8, 4) is 17.2 Å². The number of hydrogen-bond acceptors (Lipinski definition) is 6. The molecule has 4 rings (SSSR count). The van der Waals surface area contributed by atoms with Crippen molar-refractivity contribution in [1.29, 1.82) is 0 Å². The Labute approximate surface area is 165 Å². The predicted octanol–water partition coefficient (Wildman–Crippen LogP) is 3.37. The summed E-state index contributed by atoms with van der Waals surface area (Å²) in [6, 6.07) is 13.8. The molecule has 1 saturated heterocycles. The summed E-state index contributed by atoms with van der Waals surface area (Å²) in [6.07, 6.45) is 0. The molecule has 0 aliphatic carbocycles. The molecule has 2 heterocycles. The molecule has 0 bridgehead atoms.